The minimum absolute atomic E-state index is 0.603. The van der Waals surface area contributed by atoms with Crippen molar-refractivity contribution < 1.29 is 46.1 Å². The summed E-state index contributed by atoms with van der Waals surface area (Å²) >= 11 is 0. The van der Waals surface area contributed by atoms with Gasteiger partial charge in [0.25, 0.3) is 0 Å². The number of hydrogen-bond donors (Lipinski definition) is 2. The number of carboxylic acids is 2. The Balaban J connectivity index is 0.000000642. The predicted octanol–water partition coefficient (Wildman–Crippen LogP) is 4.70. The molecule has 0 spiro atoms. The van der Waals surface area contributed by atoms with Gasteiger partial charge in [-0.3, -0.25) is 4.90 Å². The molecule has 13 heteroatoms. The van der Waals surface area contributed by atoms with Gasteiger partial charge < -0.3 is 14.8 Å². The second-order valence-corrected chi connectivity index (χ2v) is 7.03. The lowest BCUT2D eigenvalue weighted by atomic mass is 9.98. The molecule has 0 aliphatic rings. The van der Waals surface area contributed by atoms with Crippen molar-refractivity contribution in [3.05, 3.63) is 54.1 Å². The van der Waals surface area contributed by atoms with Crippen molar-refractivity contribution in [2.45, 2.75) is 45.1 Å². The van der Waals surface area contributed by atoms with Crippen LogP contribution < -0.4 is 0 Å². The molecule has 2 aromatic rings. The number of aliphatic carboxylic acids is 2. The highest BCUT2D eigenvalue weighted by Gasteiger charge is 2.38. The van der Waals surface area contributed by atoms with Crippen LogP contribution in [-0.2, 0) is 23.2 Å². The first kappa shape index (κ1) is 30.9. The molecule has 7 nitrogen and oxygen atoms in total. The van der Waals surface area contributed by atoms with Crippen LogP contribution in [0, 0.1) is 0 Å². The fraction of sp³-hybridized carbons (Fsp3) is 0.476. The monoisotopic (exact) mass is 499 g/mol. The molecule has 1 atom stereocenters. The lowest BCUT2D eigenvalue weighted by Gasteiger charge is -2.22. The summed E-state index contributed by atoms with van der Waals surface area (Å²) in [5.41, 5.74) is 1.43. The average Bonchev–Trinajstić information content (AvgIpc) is 3.15. The first-order chi connectivity index (χ1) is 15.6. The number of nitrogens with zero attached hydrogens (tertiary/aromatic N) is 3. The minimum Gasteiger partial charge on any atom is -0.475 e. The van der Waals surface area contributed by atoms with Crippen molar-refractivity contribution in [3.63, 3.8) is 0 Å². The van der Waals surface area contributed by atoms with Gasteiger partial charge in [0.15, 0.2) is 0 Å². The molecule has 2 rings (SSSR count). The van der Waals surface area contributed by atoms with Crippen LogP contribution in [0.2, 0.25) is 0 Å². The summed E-state index contributed by atoms with van der Waals surface area (Å²) in [4.78, 5) is 24.7. The molecule has 1 heterocycles. The zero-order chi connectivity index (χ0) is 26.5. The molecular formula is C21H27F6N3O4. The molecule has 0 aliphatic carbocycles. The SMILES string of the molecule is CCN(CC[C@H](C)c1ccccc1)Cc1nccn1C.O=C(O)C(F)(F)F.O=C(O)C(F)(F)F. The van der Waals surface area contributed by atoms with Crippen molar-refractivity contribution in [1.82, 2.24) is 14.5 Å². The molecule has 0 unspecified atom stereocenters. The van der Waals surface area contributed by atoms with Gasteiger partial charge >= 0.3 is 24.3 Å². The molecule has 0 saturated heterocycles. The van der Waals surface area contributed by atoms with Gasteiger partial charge in [-0.15, -0.1) is 0 Å². The van der Waals surface area contributed by atoms with E-state index in [1.807, 2.05) is 12.4 Å². The molecule has 192 valence electrons. The zero-order valence-corrected chi connectivity index (χ0v) is 18.8. The molecule has 0 fully saturated rings. The standard InChI is InChI=1S/C17H25N3.2C2HF3O2/c1-4-20(14-17-18-11-13-19(17)3)12-10-15(2)16-8-6-5-7-9-16;2*3-2(4,5)1(6)7/h5-9,11,13,15H,4,10,12,14H2,1-3H3;2*(H,6,7)/t15-;;/m0../s1. The lowest BCUT2D eigenvalue weighted by Crippen LogP contribution is -2.26. The number of halogens is 6. The highest BCUT2D eigenvalue weighted by Crippen LogP contribution is 2.19. The van der Waals surface area contributed by atoms with E-state index in [-0.39, 0.29) is 0 Å². The summed E-state index contributed by atoms with van der Waals surface area (Å²) in [6.45, 7) is 7.63. The van der Waals surface area contributed by atoms with E-state index >= 15 is 0 Å². The summed E-state index contributed by atoms with van der Waals surface area (Å²) in [7, 11) is 2.06. The van der Waals surface area contributed by atoms with E-state index in [2.05, 4.69) is 65.7 Å². The van der Waals surface area contributed by atoms with Crippen LogP contribution in [0.25, 0.3) is 0 Å². The molecule has 1 aromatic heterocycles. The fourth-order valence-electron chi connectivity index (χ4n) is 2.42. The summed E-state index contributed by atoms with van der Waals surface area (Å²) in [6.07, 6.45) is -5.10. The second kappa shape index (κ2) is 14.2. The molecule has 1 aromatic carbocycles. The van der Waals surface area contributed by atoms with Crippen molar-refractivity contribution in [3.8, 4) is 0 Å². The van der Waals surface area contributed by atoms with Crippen LogP contribution >= 0.6 is 0 Å². The Hall–Kier alpha value is -3.09. The number of benzene rings is 1. The van der Waals surface area contributed by atoms with Crippen LogP contribution in [0.15, 0.2) is 42.7 Å². The Kier molecular flexibility index (Phi) is 12.9. The minimum atomic E-state index is -5.08. The Morgan fingerprint density at radius 3 is 1.85 bits per heavy atom. The van der Waals surface area contributed by atoms with E-state index in [1.54, 1.807) is 0 Å². The van der Waals surface area contributed by atoms with Crippen molar-refractivity contribution in [1.29, 1.82) is 0 Å². The van der Waals surface area contributed by atoms with Gasteiger partial charge in [0.1, 0.15) is 5.82 Å². The van der Waals surface area contributed by atoms with E-state index in [1.165, 1.54) is 12.0 Å². The van der Waals surface area contributed by atoms with Crippen molar-refractivity contribution in [2.75, 3.05) is 13.1 Å². The quantitative estimate of drug-likeness (QED) is 0.536. The molecule has 0 radical (unpaired) electrons. The summed E-state index contributed by atoms with van der Waals surface area (Å²) in [5, 5.41) is 14.2. The fourth-order valence-corrected chi connectivity index (χ4v) is 2.42. The average molecular weight is 499 g/mol. The Labute approximate surface area is 192 Å². The first-order valence-corrected chi connectivity index (χ1v) is 9.93. The molecule has 0 aliphatic heterocycles. The van der Waals surface area contributed by atoms with Crippen molar-refractivity contribution >= 4 is 11.9 Å². The van der Waals surface area contributed by atoms with E-state index < -0.39 is 24.3 Å². The molecule has 34 heavy (non-hydrogen) atoms. The molecule has 0 saturated carbocycles. The number of imidazole rings is 1. The number of aromatic nitrogens is 2. The Morgan fingerprint density at radius 2 is 1.50 bits per heavy atom. The predicted molar refractivity (Wildman–Crippen MR) is 111 cm³/mol. The van der Waals surface area contributed by atoms with Gasteiger partial charge in [-0.1, -0.05) is 44.2 Å². The summed E-state index contributed by atoms with van der Waals surface area (Å²) in [6, 6.07) is 10.8. The van der Waals surface area contributed by atoms with E-state index in [0.29, 0.717) is 5.92 Å². The topological polar surface area (TPSA) is 95.7 Å². The first-order valence-electron chi connectivity index (χ1n) is 9.93. The van der Waals surface area contributed by atoms with Gasteiger partial charge in [0, 0.05) is 19.4 Å². The maximum absolute atomic E-state index is 10.6. The number of hydrogen-bond acceptors (Lipinski definition) is 4. The maximum Gasteiger partial charge on any atom is 0.490 e. The number of carboxylic acid groups (broad SMARTS) is 2. The van der Waals surface area contributed by atoms with Gasteiger partial charge in [-0.2, -0.15) is 26.3 Å². The van der Waals surface area contributed by atoms with Gasteiger partial charge in [0.05, 0.1) is 6.54 Å². The largest absolute Gasteiger partial charge is 0.490 e. The lowest BCUT2D eigenvalue weighted by molar-refractivity contribution is -0.193. The van der Waals surface area contributed by atoms with Crippen LogP contribution in [0.4, 0.5) is 26.3 Å². The third-order valence-corrected chi connectivity index (χ3v) is 4.47. The van der Waals surface area contributed by atoms with Gasteiger partial charge in [0.2, 0.25) is 0 Å². The maximum atomic E-state index is 10.6. The van der Waals surface area contributed by atoms with E-state index in [9.17, 15) is 26.3 Å². The smallest absolute Gasteiger partial charge is 0.475 e. The van der Waals surface area contributed by atoms with Crippen LogP contribution in [-0.4, -0.2) is 62.0 Å². The van der Waals surface area contributed by atoms with Crippen LogP contribution in [0.3, 0.4) is 0 Å². The molecule has 0 amide bonds. The van der Waals surface area contributed by atoms with Crippen LogP contribution in [0.1, 0.15) is 37.6 Å². The third kappa shape index (κ3) is 12.8. The molecule has 2 N–H and O–H groups in total. The highest BCUT2D eigenvalue weighted by atomic mass is 19.4. The Morgan fingerprint density at radius 1 is 1.03 bits per heavy atom. The van der Waals surface area contributed by atoms with Crippen molar-refractivity contribution in [2.24, 2.45) is 7.05 Å². The second-order valence-electron chi connectivity index (χ2n) is 7.03. The van der Waals surface area contributed by atoms with E-state index in [4.69, 9.17) is 19.8 Å². The Bertz CT molecular complexity index is 845. The number of alkyl halides is 6. The van der Waals surface area contributed by atoms with E-state index in [0.717, 1.165) is 25.5 Å². The summed E-state index contributed by atoms with van der Waals surface area (Å²) in [5.74, 6) is -3.77. The molecular weight excluding hydrogens is 472 g/mol. The third-order valence-electron chi connectivity index (χ3n) is 4.47. The van der Waals surface area contributed by atoms with Gasteiger partial charge in [-0.25, -0.2) is 14.6 Å². The van der Waals surface area contributed by atoms with Gasteiger partial charge in [-0.05, 0) is 31.0 Å². The zero-order valence-electron chi connectivity index (χ0n) is 18.8. The normalized spacial score (nSPS) is 12.2. The highest BCUT2D eigenvalue weighted by molar-refractivity contribution is 5.73. The summed E-state index contributed by atoms with van der Waals surface area (Å²) < 4.78 is 65.6. The number of rotatable bonds is 7. The van der Waals surface area contributed by atoms with Crippen LogP contribution in [0.5, 0.6) is 0 Å². The molecule has 0 bridgehead atoms. The number of carbonyl (C=O) groups is 2. The number of aryl methyl sites for hydroxylation is 1.